The molecule has 0 unspecified atom stereocenters. The highest BCUT2D eigenvalue weighted by atomic mass is 16.1. The molecule has 0 saturated carbocycles. The van der Waals surface area contributed by atoms with Gasteiger partial charge in [0.2, 0.25) is 5.91 Å². The fourth-order valence-corrected chi connectivity index (χ4v) is 3.50. The van der Waals surface area contributed by atoms with Crippen LogP contribution in [0.3, 0.4) is 0 Å². The standard InChI is InChI=1S/C19H25N5O/c1-14-10-11-17(22-21-14)24-12-6-9-16(13-24)23(2)18(19(20)25)15-7-4-3-5-8-15/h3-5,7-8,10-11,16,18H,6,9,12-13H2,1-2H3,(H2,20,25)/t16-,18-/m0/s1. The van der Waals surface area contributed by atoms with E-state index in [1.807, 2.05) is 56.4 Å². The molecular formula is C19H25N5O. The molecule has 0 radical (unpaired) electrons. The summed E-state index contributed by atoms with van der Waals surface area (Å²) < 4.78 is 0. The number of hydrogen-bond acceptors (Lipinski definition) is 5. The number of rotatable bonds is 5. The molecule has 0 spiro atoms. The summed E-state index contributed by atoms with van der Waals surface area (Å²) in [5, 5.41) is 8.46. The second-order valence-corrected chi connectivity index (χ2v) is 6.66. The smallest absolute Gasteiger partial charge is 0.239 e. The normalized spacial score (nSPS) is 19.0. The number of carbonyl (C=O) groups excluding carboxylic acids is 1. The molecule has 0 bridgehead atoms. The van der Waals surface area contributed by atoms with Gasteiger partial charge in [0.1, 0.15) is 6.04 Å². The van der Waals surface area contributed by atoms with Crippen LogP contribution >= 0.6 is 0 Å². The third kappa shape index (κ3) is 3.96. The zero-order valence-electron chi connectivity index (χ0n) is 14.8. The highest BCUT2D eigenvalue weighted by Crippen LogP contribution is 2.27. The summed E-state index contributed by atoms with van der Waals surface area (Å²) in [6.07, 6.45) is 2.08. The maximum atomic E-state index is 12.1. The van der Waals surface area contributed by atoms with Crippen LogP contribution in [0.15, 0.2) is 42.5 Å². The summed E-state index contributed by atoms with van der Waals surface area (Å²) in [4.78, 5) is 16.5. The van der Waals surface area contributed by atoms with Gasteiger partial charge in [0.15, 0.2) is 5.82 Å². The first-order valence-corrected chi connectivity index (χ1v) is 8.67. The van der Waals surface area contributed by atoms with Crippen molar-refractivity contribution in [3.63, 3.8) is 0 Å². The molecule has 1 aliphatic rings. The van der Waals surface area contributed by atoms with Crippen molar-refractivity contribution in [3.8, 4) is 0 Å². The van der Waals surface area contributed by atoms with Crippen molar-refractivity contribution >= 4 is 11.7 Å². The molecule has 1 saturated heterocycles. The first-order valence-electron chi connectivity index (χ1n) is 8.67. The van der Waals surface area contributed by atoms with Crippen LogP contribution in [0, 0.1) is 6.92 Å². The van der Waals surface area contributed by atoms with Crippen molar-refractivity contribution in [2.24, 2.45) is 5.73 Å². The highest BCUT2D eigenvalue weighted by molar-refractivity contribution is 5.81. The topological polar surface area (TPSA) is 75.3 Å². The van der Waals surface area contributed by atoms with Gasteiger partial charge in [0.05, 0.1) is 5.69 Å². The van der Waals surface area contributed by atoms with E-state index in [1.165, 1.54) is 0 Å². The summed E-state index contributed by atoms with van der Waals surface area (Å²) in [5.41, 5.74) is 7.57. The molecule has 132 valence electrons. The van der Waals surface area contributed by atoms with Gasteiger partial charge in [-0.2, -0.15) is 5.10 Å². The number of anilines is 1. The second kappa shape index (κ2) is 7.61. The molecule has 2 atom stereocenters. The first kappa shape index (κ1) is 17.4. The Bertz CT molecular complexity index is 704. The summed E-state index contributed by atoms with van der Waals surface area (Å²) >= 11 is 0. The predicted octanol–water partition coefficient (Wildman–Crippen LogP) is 1.91. The third-order valence-electron chi connectivity index (χ3n) is 4.87. The number of nitrogens with zero attached hydrogens (tertiary/aromatic N) is 4. The minimum Gasteiger partial charge on any atom is -0.368 e. The Morgan fingerprint density at radius 3 is 2.64 bits per heavy atom. The van der Waals surface area contributed by atoms with E-state index in [9.17, 15) is 4.79 Å². The summed E-state index contributed by atoms with van der Waals surface area (Å²) in [6.45, 7) is 3.69. The van der Waals surface area contributed by atoms with Crippen LogP contribution in [-0.2, 0) is 4.79 Å². The lowest BCUT2D eigenvalue weighted by Gasteiger charge is -2.40. The molecule has 1 aliphatic heterocycles. The number of aromatic nitrogens is 2. The molecule has 1 fully saturated rings. The number of nitrogens with two attached hydrogens (primary N) is 1. The van der Waals surface area contributed by atoms with Gasteiger partial charge in [-0.15, -0.1) is 5.10 Å². The second-order valence-electron chi connectivity index (χ2n) is 6.66. The van der Waals surface area contributed by atoms with Gasteiger partial charge in [-0.05, 0) is 44.5 Å². The van der Waals surface area contributed by atoms with E-state index in [2.05, 4.69) is 20.0 Å². The van der Waals surface area contributed by atoms with Crippen LogP contribution in [0.2, 0.25) is 0 Å². The molecule has 1 aromatic heterocycles. The van der Waals surface area contributed by atoms with Crippen LogP contribution in [0.1, 0.15) is 30.1 Å². The van der Waals surface area contributed by atoms with E-state index in [1.54, 1.807) is 0 Å². The summed E-state index contributed by atoms with van der Waals surface area (Å²) in [5.74, 6) is 0.569. The molecule has 3 rings (SSSR count). The van der Waals surface area contributed by atoms with E-state index in [-0.39, 0.29) is 11.9 Å². The molecule has 2 aromatic rings. The number of aryl methyl sites for hydroxylation is 1. The Kier molecular flexibility index (Phi) is 5.28. The van der Waals surface area contributed by atoms with Crippen molar-refractivity contribution < 1.29 is 4.79 Å². The van der Waals surface area contributed by atoms with Crippen LogP contribution < -0.4 is 10.6 Å². The highest BCUT2D eigenvalue weighted by Gasteiger charge is 2.31. The number of amides is 1. The predicted molar refractivity (Wildman–Crippen MR) is 98.1 cm³/mol. The molecule has 1 aromatic carbocycles. The molecule has 6 heteroatoms. The average molecular weight is 339 g/mol. The van der Waals surface area contributed by atoms with Crippen molar-refractivity contribution in [2.75, 3.05) is 25.0 Å². The SMILES string of the molecule is Cc1ccc(N2CCC[C@H](N(C)[C@H](C(N)=O)c3ccccc3)C2)nn1. The quantitative estimate of drug-likeness (QED) is 0.901. The Morgan fingerprint density at radius 2 is 2.00 bits per heavy atom. The average Bonchev–Trinajstić information content (AvgIpc) is 2.63. The van der Waals surface area contributed by atoms with Crippen molar-refractivity contribution in [2.45, 2.75) is 31.8 Å². The maximum Gasteiger partial charge on any atom is 0.239 e. The minimum atomic E-state index is -0.421. The molecule has 0 aliphatic carbocycles. The van der Waals surface area contributed by atoms with E-state index >= 15 is 0 Å². The molecular weight excluding hydrogens is 314 g/mol. The first-order chi connectivity index (χ1) is 12.1. The van der Waals surface area contributed by atoms with Crippen LogP contribution in [0.5, 0.6) is 0 Å². The van der Waals surface area contributed by atoms with Crippen LogP contribution in [0.25, 0.3) is 0 Å². The van der Waals surface area contributed by atoms with Gasteiger partial charge in [-0.1, -0.05) is 30.3 Å². The lowest BCUT2D eigenvalue weighted by atomic mass is 9.98. The van der Waals surface area contributed by atoms with Crippen molar-refractivity contribution in [1.29, 1.82) is 0 Å². The van der Waals surface area contributed by atoms with Crippen LogP contribution in [0.4, 0.5) is 5.82 Å². The van der Waals surface area contributed by atoms with Gasteiger partial charge in [-0.25, -0.2) is 0 Å². The van der Waals surface area contributed by atoms with E-state index in [0.29, 0.717) is 0 Å². The molecule has 1 amide bonds. The van der Waals surface area contributed by atoms with E-state index < -0.39 is 6.04 Å². The van der Waals surface area contributed by atoms with Gasteiger partial charge in [-0.3, -0.25) is 9.69 Å². The number of likely N-dealkylation sites (N-methyl/N-ethyl adjacent to an activating group) is 1. The van der Waals surface area contributed by atoms with Crippen molar-refractivity contribution in [1.82, 2.24) is 15.1 Å². The zero-order valence-corrected chi connectivity index (χ0v) is 14.8. The maximum absolute atomic E-state index is 12.1. The zero-order chi connectivity index (χ0) is 17.8. The van der Waals surface area contributed by atoms with Gasteiger partial charge < -0.3 is 10.6 Å². The summed E-state index contributed by atoms with van der Waals surface area (Å²) in [6, 6.07) is 13.5. The molecule has 25 heavy (non-hydrogen) atoms. The fourth-order valence-electron chi connectivity index (χ4n) is 3.50. The van der Waals surface area contributed by atoms with Gasteiger partial charge in [0, 0.05) is 19.1 Å². The minimum absolute atomic E-state index is 0.231. The van der Waals surface area contributed by atoms with E-state index in [0.717, 1.165) is 43.0 Å². The van der Waals surface area contributed by atoms with Gasteiger partial charge in [0.25, 0.3) is 0 Å². The fraction of sp³-hybridized carbons (Fsp3) is 0.421. The number of primary amides is 1. The third-order valence-corrected chi connectivity index (χ3v) is 4.87. The Labute approximate surface area is 148 Å². The summed E-state index contributed by atoms with van der Waals surface area (Å²) in [7, 11) is 1.98. The van der Waals surface area contributed by atoms with Gasteiger partial charge >= 0.3 is 0 Å². The monoisotopic (exact) mass is 339 g/mol. The Hall–Kier alpha value is -2.47. The number of hydrogen-bond donors (Lipinski definition) is 1. The lowest BCUT2D eigenvalue weighted by Crippen LogP contribution is -2.50. The number of piperidine rings is 1. The number of benzene rings is 1. The van der Waals surface area contributed by atoms with E-state index in [4.69, 9.17) is 5.73 Å². The molecule has 2 N–H and O–H groups in total. The Balaban J connectivity index is 1.77. The van der Waals surface area contributed by atoms with Crippen molar-refractivity contribution in [3.05, 3.63) is 53.7 Å². The number of carbonyl (C=O) groups is 1. The molecule has 2 heterocycles. The van der Waals surface area contributed by atoms with Crippen LogP contribution in [-0.4, -0.2) is 47.2 Å². The molecule has 6 nitrogen and oxygen atoms in total. The largest absolute Gasteiger partial charge is 0.368 e. The lowest BCUT2D eigenvalue weighted by molar-refractivity contribution is -0.123. The Morgan fingerprint density at radius 1 is 1.24 bits per heavy atom.